The summed E-state index contributed by atoms with van der Waals surface area (Å²) in [6.07, 6.45) is 3.29. The highest BCUT2D eigenvalue weighted by atomic mass is 15.2. The van der Waals surface area contributed by atoms with Gasteiger partial charge in [0.25, 0.3) is 0 Å². The van der Waals surface area contributed by atoms with Crippen molar-refractivity contribution in [2.45, 2.75) is 58.5 Å². The molecule has 1 rings (SSSR count). The Bertz CT molecular complexity index is 271. The lowest BCUT2D eigenvalue weighted by molar-refractivity contribution is 0.237. The largest absolute Gasteiger partial charge is 0.300 e. The lowest BCUT2D eigenvalue weighted by Gasteiger charge is -2.28. The molecule has 1 saturated heterocycles. The van der Waals surface area contributed by atoms with Crippen molar-refractivity contribution in [3.05, 3.63) is 0 Å². The molecular formula is C14H27N3. The SMILES string of the molecule is CCCNC(C)(C#N)CCN1CC(C)CC1C. The summed E-state index contributed by atoms with van der Waals surface area (Å²) in [4.78, 5) is 2.52. The fourth-order valence-electron chi connectivity index (χ4n) is 2.65. The van der Waals surface area contributed by atoms with Crippen LogP contribution in [-0.2, 0) is 0 Å². The third-order valence-electron chi connectivity index (χ3n) is 3.82. The Hall–Kier alpha value is -0.590. The van der Waals surface area contributed by atoms with Crippen LogP contribution in [0.5, 0.6) is 0 Å². The maximum Gasteiger partial charge on any atom is 0.105 e. The summed E-state index contributed by atoms with van der Waals surface area (Å²) in [7, 11) is 0. The minimum absolute atomic E-state index is 0.360. The molecule has 98 valence electrons. The van der Waals surface area contributed by atoms with Crippen LogP contribution in [0.25, 0.3) is 0 Å². The summed E-state index contributed by atoms with van der Waals surface area (Å²) >= 11 is 0. The lowest BCUT2D eigenvalue weighted by atomic mass is 9.99. The monoisotopic (exact) mass is 237 g/mol. The van der Waals surface area contributed by atoms with Crippen LogP contribution in [0.15, 0.2) is 0 Å². The van der Waals surface area contributed by atoms with Crippen molar-refractivity contribution >= 4 is 0 Å². The van der Waals surface area contributed by atoms with E-state index in [1.165, 1.54) is 13.0 Å². The second-order valence-electron chi connectivity index (χ2n) is 5.81. The number of hydrogen-bond donors (Lipinski definition) is 1. The van der Waals surface area contributed by atoms with E-state index in [-0.39, 0.29) is 5.54 Å². The van der Waals surface area contributed by atoms with Gasteiger partial charge in [0.05, 0.1) is 6.07 Å². The lowest BCUT2D eigenvalue weighted by Crippen LogP contribution is -2.44. The summed E-state index contributed by atoms with van der Waals surface area (Å²) in [5.74, 6) is 0.807. The van der Waals surface area contributed by atoms with E-state index in [0.29, 0.717) is 6.04 Å². The zero-order valence-corrected chi connectivity index (χ0v) is 11.8. The van der Waals surface area contributed by atoms with Crippen LogP contribution in [0.3, 0.4) is 0 Å². The molecule has 0 amide bonds. The van der Waals surface area contributed by atoms with Crippen LogP contribution in [0.4, 0.5) is 0 Å². The van der Waals surface area contributed by atoms with Crippen molar-refractivity contribution in [1.29, 1.82) is 5.26 Å². The first-order valence-electron chi connectivity index (χ1n) is 6.91. The topological polar surface area (TPSA) is 39.1 Å². The molecule has 1 fully saturated rings. The van der Waals surface area contributed by atoms with Crippen LogP contribution in [0.1, 0.15) is 47.0 Å². The molecule has 17 heavy (non-hydrogen) atoms. The Labute approximate surface area is 106 Å². The first-order valence-corrected chi connectivity index (χ1v) is 6.91. The van der Waals surface area contributed by atoms with Crippen molar-refractivity contribution in [2.24, 2.45) is 5.92 Å². The van der Waals surface area contributed by atoms with E-state index in [1.807, 2.05) is 6.92 Å². The van der Waals surface area contributed by atoms with E-state index in [2.05, 4.69) is 37.1 Å². The Morgan fingerprint density at radius 1 is 1.47 bits per heavy atom. The van der Waals surface area contributed by atoms with Gasteiger partial charge in [0.15, 0.2) is 0 Å². The predicted molar refractivity (Wildman–Crippen MR) is 71.7 cm³/mol. The van der Waals surface area contributed by atoms with E-state index < -0.39 is 0 Å². The molecule has 0 aromatic rings. The number of nitrogens with zero attached hydrogens (tertiary/aromatic N) is 2. The van der Waals surface area contributed by atoms with Crippen LogP contribution >= 0.6 is 0 Å². The molecule has 0 aromatic heterocycles. The van der Waals surface area contributed by atoms with Crippen molar-refractivity contribution < 1.29 is 0 Å². The van der Waals surface area contributed by atoms with E-state index in [1.54, 1.807) is 0 Å². The van der Waals surface area contributed by atoms with Crippen molar-refractivity contribution in [3.8, 4) is 6.07 Å². The van der Waals surface area contributed by atoms with Crippen LogP contribution in [0, 0.1) is 17.2 Å². The molecule has 3 nitrogen and oxygen atoms in total. The molecular weight excluding hydrogens is 210 g/mol. The second-order valence-corrected chi connectivity index (χ2v) is 5.81. The summed E-state index contributed by atoms with van der Waals surface area (Å²) in [6.45, 7) is 11.9. The normalized spacial score (nSPS) is 28.9. The van der Waals surface area contributed by atoms with E-state index in [4.69, 9.17) is 0 Å². The summed E-state index contributed by atoms with van der Waals surface area (Å²) in [5, 5.41) is 12.6. The van der Waals surface area contributed by atoms with Gasteiger partial charge in [0.1, 0.15) is 5.54 Å². The van der Waals surface area contributed by atoms with Crippen LogP contribution in [-0.4, -0.2) is 36.1 Å². The third-order valence-corrected chi connectivity index (χ3v) is 3.82. The second kappa shape index (κ2) is 6.37. The van der Waals surface area contributed by atoms with E-state index >= 15 is 0 Å². The van der Waals surface area contributed by atoms with Gasteiger partial charge in [-0.15, -0.1) is 0 Å². The molecule has 1 N–H and O–H groups in total. The molecule has 0 radical (unpaired) electrons. The maximum atomic E-state index is 9.27. The quantitative estimate of drug-likeness (QED) is 0.771. The molecule has 0 saturated carbocycles. The average Bonchev–Trinajstić information content (AvgIpc) is 2.63. The first kappa shape index (κ1) is 14.5. The Kier molecular flexibility index (Phi) is 5.42. The molecule has 1 aliphatic heterocycles. The first-order chi connectivity index (χ1) is 8.00. The number of nitrogens with one attached hydrogen (secondary N) is 1. The predicted octanol–water partition coefficient (Wildman–Crippen LogP) is 2.39. The fraction of sp³-hybridized carbons (Fsp3) is 0.929. The van der Waals surface area contributed by atoms with Crippen molar-refractivity contribution in [1.82, 2.24) is 10.2 Å². The van der Waals surface area contributed by atoms with Gasteiger partial charge in [-0.3, -0.25) is 5.32 Å². The van der Waals surface area contributed by atoms with Crippen molar-refractivity contribution in [2.75, 3.05) is 19.6 Å². The molecule has 0 spiro atoms. The molecule has 3 atom stereocenters. The van der Waals surface area contributed by atoms with Gasteiger partial charge in [0, 0.05) is 19.1 Å². The van der Waals surface area contributed by atoms with E-state index in [0.717, 1.165) is 31.8 Å². The van der Waals surface area contributed by atoms with E-state index in [9.17, 15) is 5.26 Å². The smallest absolute Gasteiger partial charge is 0.105 e. The Morgan fingerprint density at radius 2 is 2.18 bits per heavy atom. The highest BCUT2D eigenvalue weighted by Crippen LogP contribution is 2.23. The van der Waals surface area contributed by atoms with Crippen molar-refractivity contribution in [3.63, 3.8) is 0 Å². The Balaban J connectivity index is 2.40. The standard InChI is InChI=1S/C14H27N3/c1-5-7-16-14(4,11-15)6-8-17-10-12(2)9-13(17)3/h12-13,16H,5-10H2,1-4H3. The zero-order chi connectivity index (χ0) is 12.9. The third kappa shape index (κ3) is 4.29. The zero-order valence-electron chi connectivity index (χ0n) is 11.8. The van der Waals surface area contributed by atoms with Crippen LogP contribution in [0.2, 0.25) is 0 Å². The summed E-state index contributed by atoms with van der Waals surface area (Å²) in [6, 6.07) is 3.11. The van der Waals surface area contributed by atoms with Gasteiger partial charge < -0.3 is 4.90 Å². The molecule has 3 heteroatoms. The van der Waals surface area contributed by atoms with Gasteiger partial charge in [-0.1, -0.05) is 13.8 Å². The highest BCUT2D eigenvalue weighted by Gasteiger charge is 2.29. The average molecular weight is 237 g/mol. The van der Waals surface area contributed by atoms with Gasteiger partial charge in [-0.25, -0.2) is 0 Å². The van der Waals surface area contributed by atoms with Gasteiger partial charge in [0.2, 0.25) is 0 Å². The number of rotatable bonds is 6. The molecule has 3 unspecified atom stereocenters. The number of hydrogen-bond acceptors (Lipinski definition) is 3. The summed E-state index contributed by atoms with van der Waals surface area (Å²) < 4.78 is 0. The van der Waals surface area contributed by atoms with Gasteiger partial charge >= 0.3 is 0 Å². The molecule has 0 bridgehead atoms. The number of likely N-dealkylation sites (tertiary alicyclic amines) is 1. The minimum atomic E-state index is -0.360. The van der Waals surface area contributed by atoms with Gasteiger partial charge in [-0.05, 0) is 45.6 Å². The summed E-state index contributed by atoms with van der Waals surface area (Å²) in [5.41, 5.74) is -0.360. The fourth-order valence-corrected chi connectivity index (χ4v) is 2.65. The highest BCUT2D eigenvalue weighted by molar-refractivity contribution is 5.04. The molecule has 1 heterocycles. The molecule has 0 aromatic carbocycles. The number of nitriles is 1. The molecule has 1 aliphatic rings. The van der Waals surface area contributed by atoms with Gasteiger partial charge in [-0.2, -0.15) is 5.26 Å². The molecule has 0 aliphatic carbocycles. The minimum Gasteiger partial charge on any atom is -0.300 e. The maximum absolute atomic E-state index is 9.27. The van der Waals surface area contributed by atoms with Crippen LogP contribution < -0.4 is 5.32 Å². The Morgan fingerprint density at radius 3 is 2.65 bits per heavy atom.